The Bertz CT molecular complexity index is 630. The Balaban J connectivity index is 2.03. The monoisotopic (exact) mass is 326 g/mol. The third-order valence-corrected chi connectivity index (χ3v) is 3.70. The van der Waals surface area contributed by atoms with E-state index in [1.54, 1.807) is 26.2 Å². The zero-order chi connectivity index (χ0) is 15.2. The van der Waals surface area contributed by atoms with E-state index in [-0.39, 0.29) is 12.4 Å². The number of benzene rings is 1. The minimum Gasteiger partial charge on any atom is -0.495 e. The molecule has 0 radical (unpaired) electrons. The maximum Gasteiger partial charge on any atom is 0.311 e. The van der Waals surface area contributed by atoms with Gasteiger partial charge in [0.2, 0.25) is 0 Å². The average Bonchev–Trinajstić information content (AvgIpc) is 2.88. The molecule has 0 spiro atoms. The molecular formula is C14H15ClN2O3S. The van der Waals surface area contributed by atoms with Crippen LogP contribution in [0.25, 0.3) is 0 Å². The highest BCUT2D eigenvalue weighted by Crippen LogP contribution is 2.29. The Morgan fingerprint density at radius 3 is 3.00 bits per heavy atom. The lowest BCUT2D eigenvalue weighted by molar-refractivity contribution is -0.142. The zero-order valence-electron chi connectivity index (χ0n) is 11.7. The SMILES string of the molecule is CCOC(=O)Cc1csc(Nc2ccc(Cl)c(OC)c2)n1. The van der Waals surface area contributed by atoms with Gasteiger partial charge in [-0.25, -0.2) is 4.98 Å². The van der Waals surface area contributed by atoms with Gasteiger partial charge in [0.15, 0.2) is 5.13 Å². The molecule has 112 valence electrons. The molecule has 1 aromatic carbocycles. The van der Waals surface area contributed by atoms with Crippen LogP contribution in [0.2, 0.25) is 5.02 Å². The molecule has 21 heavy (non-hydrogen) atoms. The topological polar surface area (TPSA) is 60.5 Å². The smallest absolute Gasteiger partial charge is 0.311 e. The molecule has 0 aliphatic carbocycles. The Morgan fingerprint density at radius 1 is 1.48 bits per heavy atom. The van der Waals surface area contributed by atoms with Crippen molar-refractivity contribution in [1.82, 2.24) is 4.98 Å². The number of carbonyl (C=O) groups is 1. The summed E-state index contributed by atoms with van der Waals surface area (Å²) in [5.41, 5.74) is 1.50. The van der Waals surface area contributed by atoms with Crippen molar-refractivity contribution in [2.75, 3.05) is 19.0 Å². The third-order valence-electron chi connectivity index (χ3n) is 2.58. The van der Waals surface area contributed by atoms with Crippen molar-refractivity contribution in [3.8, 4) is 5.75 Å². The molecule has 0 fully saturated rings. The number of hydrogen-bond acceptors (Lipinski definition) is 6. The number of carbonyl (C=O) groups excluding carboxylic acids is 1. The van der Waals surface area contributed by atoms with Crippen molar-refractivity contribution in [3.63, 3.8) is 0 Å². The van der Waals surface area contributed by atoms with Crippen LogP contribution in [0, 0.1) is 0 Å². The number of halogens is 1. The van der Waals surface area contributed by atoms with Gasteiger partial charge in [0.05, 0.1) is 30.9 Å². The molecule has 5 nitrogen and oxygen atoms in total. The third kappa shape index (κ3) is 4.34. The molecule has 0 saturated heterocycles. The van der Waals surface area contributed by atoms with Crippen LogP contribution >= 0.6 is 22.9 Å². The second-order valence-electron chi connectivity index (χ2n) is 4.10. The van der Waals surface area contributed by atoms with Crippen molar-refractivity contribution in [3.05, 3.63) is 34.3 Å². The van der Waals surface area contributed by atoms with E-state index >= 15 is 0 Å². The van der Waals surface area contributed by atoms with Crippen LogP contribution in [0.15, 0.2) is 23.6 Å². The lowest BCUT2D eigenvalue weighted by atomic mass is 10.3. The highest BCUT2D eigenvalue weighted by atomic mass is 35.5. The van der Waals surface area contributed by atoms with E-state index in [9.17, 15) is 4.79 Å². The van der Waals surface area contributed by atoms with E-state index in [1.807, 2.05) is 11.4 Å². The van der Waals surface area contributed by atoms with Gasteiger partial charge in [0.25, 0.3) is 0 Å². The van der Waals surface area contributed by atoms with Gasteiger partial charge in [-0.15, -0.1) is 11.3 Å². The normalized spacial score (nSPS) is 10.2. The summed E-state index contributed by atoms with van der Waals surface area (Å²) >= 11 is 7.39. The second-order valence-corrected chi connectivity index (χ2v) is 5.37. The van der Waals surface area contributed by atoms with E-state index in [0.717, 1.165) is 5.69 Å². The summed E-state index contributed by atoms with van der Waals surface area (Å²) in [5, 5.41) is 6.21. The molecule has 7 heteroatoms. The number of aromatic nitrogens is 1. The van der Waals surface area contributed by atoms with E-state index in [4.69, 9.17) is 21.1 Å². The molecule has 0 aliphatic heterocycles. The van der Waals surface area contributed by atoms with Gasteiger partial charge in [-0.1, -0.05) is 11.6 Å². The average molecular weight is 327 g/mol. The number of anilines is 2. The number of ether oxygens (including phenoxy) is 2. The predicted octanol–water partition coefficient (Wildman–Crippen LogP) is 3.65. The number of nitrogens with zero attached hydrogens (tertiary/aromatic N) is 1. The van der Waals surface area contributed by atoms with E-state index in [1.165, 1.54) is 11.3 Å². The first-order valence-electron chi connectivity index (χ1n) is 6.33. The largest absolute Gasteiger partial charge is 0.495 e. The summed E-state index contributed by atoms with van der Waals surface area (Å²) in [6, 6.07) is 5.36. The summed E-state index contributed by atoms with van der Waals surface area (Å²) in [6.45, 7) is 2.15. The molecule has 0 saturated carbocycles. The number of esters is 1. The van der Waals surface area contributed by atoms with Crippen molar-refractivity contribution in [2.45, 2.75) is 13.3 Å². The molecule has 0 aliphatic rings. The molecule has 1 N–H and O–H groups in total. The van der Waals surface area contributed by atoms with Gasteiger partial charge < -0.3 is 14.8 Å². The van der Waals surface area contributed by atoms with Crippen molar-refractivity contribution in [2.24, 2.45) is 0 Å². The zero-order valence-corrected chi connectivity index (χ0v) is 13.3. The highest BCUT2D eigenvalue weighted by Gasteiger charge is 2.09. The van der Waals surface area contributed by atoms with Crippen molar-refractivity contribution < 1.29 is 14.3 Å². The molecule has 2 aromatic rings. The summed E-state index contributed by atoms with van der Waals surface area (Å²) in [7, 11) is 1.56. The molecule has 1 heterocycles. The Kier molecular flexibility index (Phi) is 5.41. The molecule has 0 amide bonds. The van der Waals surface area contributed by atoms with Crippen LogP contribution in [0.5, 0.6) is 5.75 Å². The summed E-state index contributed by atoms with van der Waals surface area (Å²) < 4.78 is 10.0. The fraction of sp³-hybridized carbons (Fsp3) is 0.286. The highest BCUT2D eigenvalue weighted by molar-refractivity contribution is 7.13. The number of nitrogens with one attached hydrogen (secondary N) is 1. The molecule has 2 rings (SSSR count). The minimum absolute atomic E-state index is 0.177. The van der Waals surface area contributed by atoms with Gasteiger partial charge in [-0.3, -0.25) is 4.79 Å². The van der Waals surface area contributed by atoms with Crippen LogP contribution in [-0.2, 0) is 16.0 Å². The van der Waals surface area contributed by atoms with Gasteiger partial charge >= 0.3 is 5.97 Å². The maximum absolute atomic E-state index is 11.4. The number of hydrogen-bond donors (Lipinski definition) is 1. The first-order chi connectivity index (χ1) is 10.1. The Labute approximate surface area is 131 Å². The quantitative estimate of drug-likeness (QED) is 0.821. The maximum atomic E-state index is 11.4. The van der Waals surface area contributed by atoms with Crippen molar-refractivity contribution in [1.29, 1.82) is 0 Å². The lowest BCUT2D eigenvalue weighted by Gasteiger charge is -2.06. The van der Waals surface area contributed by atoms with Crippen LogP contribution < -0.4 is 10.1 Å². The molecule has 0 bridgehead atoms. The van der Waals surface area contributed by atoms with Gasteiger partial charge in [-0.05, 0) is 19.1 Å². The number of rotatable bonds is 6. The molecule has 1 aromatic heterocycles. The molecule has 0 atom stereocenters. The van der Waals surface area contributed by atoms with E-state index in [2.05, 4.69) is 10.3 Å². The minimum atomic E-state index is -0.275. The summed E-state index contributed by atoms with van der Waals surface area (Å²) in [6.07, 6.45) is 0.177. The van der Waals surface area contributed by atoms with Crippen LogP contribution in [0.4, 0.5) is 10.8 Å². The fourth-order valence-electron chi connectivity index (χ4n) is 1.67. The Hall–Kier alpha value is -1.79. The summed E-state index contributed by atoms with van der Waals surface area (Å²) in [5.74, 6) is 0.312. The standard InChI is InChI=1S/C14H15ClN2O3S/c1-3-20-13(18)7-10-8-21-14(17-10)16-9-4-5-11(15)12(6-9)19-2/h4-6,8H,3,7H2,1-2H3,(H,16,17). The van der Waals surface area contributed by atoms with Gasteiger partial charge in [-0.2, -0.15) is 0 Å². The van der Waals surface area contributed by atoms with Crippen LogP contribution in [0.1, 0.15) is 12.6 Å². The first kappa shape index (κ1) is 15.6. The van der Waals surface area contributed by atoms with Gasteiger partial charge in [0.1, 0.15) is 5.75 Å². The van der Waals surface area contributed by atoms with Crippen molar-refractivity contribution >= 4 is 39.7 Å². The molecular weight excluding hydrogens is 312 g/mol. The van der Waals surface area contributed by atoms with E-state index in [0.29, 0.717) is 28.2 Å². The van der Waals surface area contributed by atoms with Crippen LogP contribution in [-0.4, -0.2) is 24.7 Å². The van der Waals surface area contributed by atoms with Crippen LogP contribution in [0.3, 0.4) is 0 Å². The summed E-state index contributed by atoms with van der Waals surface area (Å²) in [4.78, 5) is 15.7. The number of methoxy groups -OCH3 is 1. The second kappa shape index (κ2) is 7.28. The number of thiazole rings is 1. The molecule has 0 unspecified atom stereocenters. The predicted molar refractivity (Wildman–Crippen MR) is 83.7 cm³/mol. The van der Waals surface area contributed by atoms with E-state index < -0.39 is 0 Å². The Morgan fingerprint density at radius 2 is 2.29 bits per heavy atom. The fourth-order valence-corrected chi connectivity index (χ4v) is 2.59. The first-order valence-corrected chi connectivity index (χ1v) is 7.58. The van der Waals surface area contributed by atoms with Gasteiger partial charge in [0, 0.05) is 17.1 Å². The lowest BCUT2D eigenvalue weighted by Crippen LogP contribution is -2.07.